The van der Waals surface area contributed by atoms with Crippen LogP contribution < -0.4 is 0 Å². The van der Waals surface area contributed by atoms with Crippen LogP contribution in [0, 0.1) is 5.92 Å². The van der Waals surface area contributed by atoms with Gasteiger partial charge >= 0.3 is 0 Å². The Bertz CT molecular complexity index is 566. The first-order chi connectivity index (χ1) is 10.3. The number of hydrogen-bond donors (Lipinski definition) is 0. The average molecular weight is 321 g/mol. The lowest BCUT2D eigenvalue weighted by molar-refractivity contribution is 0.00603. The molecule has 0 saturated carbocycles. The molecular formula is C18H25ClN2O. The second-order valence-electron chi connectivity index (χ2n) is 6.75. The van der Waals surface area contributed by atoms with Gasteiger partial charge in [0.2, 0.25) is 0 Å². The first-order valence-corrected chi connectivity index (χ1v) is 8.42. The maximum Gasteiger partial charge on any atom is 0.254 e. The van der Waals surface area contributed by atoms with Gasteiger partial charge in [-0.3, -0.25) is 4.79 Å². The number of nitrogens with zero attached hydrogens (tertiary/aromatic N) is 2. The van der Waals surface area contributed by atoms with Crippen LogP contribution in [0.2, 0.25) is 0 Å². The van der Waals surface area contributed by atoms with Gasteiger partial charge in [-0.1, -0.05) is 19.1 Å². The molecule has 120 valence electrons. The Kier molecular flexibility index (Phi) is 4.47. The van der Waals surface area contributed by atoms with Crippen LogP contribution in [-0.2, 0) is 12.8 Å². The van der Waals surface area contributed by atoms with Gasteiger partial charge in [0.1, 0.15) is 0 Å². The third kappa shape index (κ3) is 2.44. The number of halogens is 1. The summed E-state index contributed by atoms with van der Waals surface area (Å²) in [5.74, 6) is 1.01. The van der Waals surface area contributed by atoms with E-state index in [-0.39, 0.29) is 18.3 Å². The van der Waals surface area contributed by atoms with E-state index in [1.807, 2.05) is 6.07 Å². The van der Waals surface area contributed by atoms with Crippen LogP contribution in [0.4, 0.5) is 0 Å². The summed E-state index contributed by atoms with van der Waals surface area (Å²) in [5.41, 5.74) is 3.63. The molecule has 1 aromatic carbocycles. The Morgan fingerprint density at radius 1 is 1.18 bits per heavy atom. The van der Waals surface area contributed by atoms with Crippen LogP contribution in [0.15, 0.2) is 18.2 Å². The molecule has 4 heteroatoms. The van der Waals surface area contributed by atoms with E-state index in [1.54, 1.807) is 0 Å². The largest absolute Gasteiger partial charge is 0.334 e. The molecule has 2 bridgehead atoms. The summed E-state index contributed by atoms with van der Waals surface area (Å²) in [6.07, 6.45) is 4.61. The van der Waals surface area contributed by atoms with Crippen molar-refractivity contribution in [2.75, 3.05) is 26.2 Å². The normalized spacial score (nSPS) is 30.0. The SMILES string of the molecule is CCc1cccc2c1CCN(C1CN3CCC1CC3)C2=O.Cl. The molecule has 0 N–H and O–H groups in total. The van der Waals surface area contributed by atoms with Gasteiger partial charge in [-0.15, -0.1) is 12.4 Å². The number of aryl methyl sites for hydroxylation is 1. The van der Waals surface area contributed by atoms with E-state index in [9.17, 15) is 4.79 Å². The van der Waals surface area contributed by atoms with Crippen LogP contribution in [0.25, 0.3) is 0 Å². The molecule has 3 saturated heterocycles. The molecule has 3 nitrogen and oxygen atoms in total. The maximum absolute atomic E-state index is 13.0. The summed E-state index contributed by atoms with van der Waals surface area (Å²) in [5, 5.41) is 0. The number of benzene rings is 1. The molecule has 1 atom stereocenters. The van der Waals surface area contributed by atoms with Crippen molar-refractivity contribution in [2.24, 2.45) is 5.92 Å². The number of carbonyl (C=O) groups excluding carboxylic acids is 1. The van der Waals surface area contributed by atoms with E-state index in [0.717, 1.165) is 37.4 Å². The first kappa shape index (κ1) is 15.8. The van der Waals surface area contributed by atoms with Crippen LogP contribution in [-0.4, -0.2) is 47.9 Å². The summed E-state index contributed by atoms with van der Waals surface area (Å²) in [6.45, 7) is 6.66. The molecule has 0 aliphatic carbocycles. The highest BCUT2D eigenvalue weighted by molar-refractivity contribution is 5.97. The lowest BCUT2D eigenvalue weighted by Crippen LogP contribution is -2.59. The van der Waals surface area contributed by atoms with Gasteiger partial charge in [-0.2, -0.15) is 0 Å². The zero-order chi connectivity index (χ0) is 14.4. The minimum Gasteiger partial charge on any atom is -0.334 e. The van der Waals surface area contributed by atoms with Gasteiger partial charge in [-0.05, 0) is 61.9 Å². The number of carbonyl (C=O) groups is 1. The highest BCUT2D eigenvalue weighted by Gasteiger charge is 2.41. The lowest BCUT2D eigenvalue weighted by Gasteiger charge is -2.50. The standard InChI is InChI=1S/C18H24N2O.ClH/c1-2-13-4-3-5-16-15(13)8-11-20(18(16)21)17-12-19-9-6-14(17)7-10-19;/h3-5,14,17H,2,6-12H2,1H3;1H. The quantitative estimate of drug-likeness (QED) is 0.836. The third-order valence-electron chi connectivity index (χ3n) is 5.77. The number of piperidine rings is 3. The molecule has 0 spiro atoms. The van der Waals surface area contributed by atoms with Gasteiger partial charge < -0.3 is 9.80 Å². The van der Waals surface area contributed by atoms with E-state index < -0.39 is 0 Å². The molecule has 4 aliphatic rings. The molecule has 0 aromatic heterocycles. The number of fused-ring (bicyclic) bond motifs is 4. The van der Waals surface area contributed by atoms with Crippen LogP contribution in [0.3, 0.4) is 0 Å². The Labute approximate surface area is 139 Å². The minimum atomic E-state index is 0. The number of hydrogen-bond acceptors (Lipinski definition) is 2. The summed E-state index contributed by atoms with van der Waals surface area (Å²) in [6, 6.07) is 6.72. The molecule has 0 radical (unpaired) electrons. The fourth-order valence-corrected chi connectivity index (χ4v) is 4.55. The van der Waals surface area contributed by atoms with Crippen molar-refractivity contribution in [1.82, 2.24) is 9.80 Å². The van der Waals surface area contributed by atoms with Crippen molar-refractivity contribution in [2.45, 2.75) is 38.6 Å². The first-order valence-electron chi connectivity index (χ1n) is 8.42. The van der Waals surface area contributed by atoms with Crippen LogP contribution in [0.1, 0.15) is 41.3 Å². The second kappa shape index (κ2) is 6.21. The third-order valence-corrected chi connectivity index (χ3v) is 5.77. The van der Waals surface area contributed by atoms with Crippen molar-refractivity contribution >= 4 is 18.3 Å². The fourth-order valence-electron chi connectivity index (χ4n) is 4.55. The monoisotopic (exact) mass is 320 g/mol. The Hall–Kier alpha value is -1.06. The van der Waals surface area contributed by atoms with E-state index in [4.69, 9.17) is 0 Å². The van der Waals surface area contributed by atoms with Crippen molar-refractivity contribution in [3.63, 3.8) is 0 Å². The van der Waals surface area contributed by atoms with Gasteiger partial charge in [-0.25, -0.2) is 0 Å². The topological polar surface area (TPSA) is 23.6 Å². The van der Waals surface area contributed by atoms with E-state index >= 15 is 0 Å². The van der Waals surface area contributed by atoms with E-state index in [2.05, 4.69) is 28.9 Å². The predicted molar refractivity (Wildman–Crippen MR) is 90.8 cm³/mol. The minimum absolute atomic E-state index is 0. The highest BCUT2D eigenvalue weighted by atomic mass is 35.5. The fraction of sp³-hybridized carbons (Fsp3) is 0.611. The molecular weight excluding hydrogens is 296 g/mol. The number of rotatable bonds is 2. The van der Waals surface area contributed by atoms with E-state index in [1.165, 1.54) is 37.1 Å². The molecule has 4 heterocycles. The number of amides is 1. The Morgan fingerprint density at radius 2 is 1.95 bits per heavy atom. The van der Waals surface area contributed by atoms with Crippen molar-refractivity contribution in [3.05, 3.63) is 34.9 Å². The molecule has 4 aliphatic heterocycles. The molecule has 1 amide bonds. The average Bonchev–Trinajstić information content (AvgIpc) is 2.56. The lowest BCUT2D eigenvalue weighted by atomic mass is 9.81. The highest BCUT2D eigenvalue weighted by Crippen LogP contribution is 2.34. The summed E-state index contributed by atoms with van der Waals surface area (Å²) in [7, 11) is 0. The van der Waals surface area contributed by atoms with Gasteiger partial charge in [0, 0.05) is 24.7 Å². The second-order valence-corrected chi connectivity index (χ2v) is 6.75. The molecule has 5 rings (SSSR count). The van der Waals surface area contributed by atoms with Gasteiger partial charge in [0.05, 0.1) is 0 Å². The summed E-state index contributed by atoms with van der Waals surface area (Å²) in [4.78, 5) is 17.7. The Balaban J connectivity index is 0.00000144. The Morgan fingerprint density at radius 3 is 2.59 bits per heavy atom. The zero-order valence-electron chi connectivity index (χ0n) is 13.3. The maximum atomic E-state index is 13.0. The van der Waals surface area contributed by atoms with E-state index in [0.29, 0.717) is 6.04 Å². The smallest absolute Gasteiger partial charge is 0.254 e. The van der Waals surface area contributed by atoms with Gasteiger partial charge in [0.15, 0.2) is 0 Å². The zero-order valence-corrected chi connectivity index (χ0v) is 14.1. The summed E-state index contributed by atoms with van der Waals surface area (Å²) >= 11 is 0. The van der Waals surface area contributed by atoms with Crippen molar-refractivity contribution in [3.8, 4) is 0 Å². The molecule has 1 unspecified atom stereocenters. The predicted octanol–water partition coefficient (Wildman–Crippen LogP) is 2.76. The van der Waals surface area contributed by atoms with Crippen molar-refractivity contribution in [1.29, 1.82) is 0 Å². The van der Waals surface area contributed by atoms with Crippen LogP contribution in [0.5, 0.6) is 0 Å². The van der Waals surface area contributed by atoms with Crippen LogP contribution >= 0.6 is 12.4 Å². The molecule has 1 aromatic rings. The molecule has 22 heavy (non-hydrogen) atoms. The van der Waals surface area contributed by atoms with Crippen molar-refractivity contribution < 1.29 is 4.79 Å². The molecule has 3 fully saturated rings. The summed E-state index contributed by atoms with van der Waals surface area (Å²) < 4.78 is 0. The van der Waals surface area contributed by atoms with Gasteiger partial charge in [0.25, 0.3) is 5.91 Å².